The fourth-order valence-electron chi connectivity index (χ4n) is 3.05. The predicted octanol–water partition coefficient (Wildman–Crippen LogP) is 1.90. The lowest BCUT2D eigenvalue weighted by Crippen LogP contribution is -2.38. The van der Waals surface area contributed by atoms with Gasteiger partial charge in [0.25, 0.3) is 0 Å². The topological polar surface area (TPSA) is 24.5 Å². The molecule has 1 N–H and O–H groups in total. The first-order valence-corrected chi connectivity index (χ1v) is 6.91. The average molecular weight is 246 g/mol. The Hall–Kier alpha value is -0.900. The third kappa shape index (κ3) is 2.58. The normalized spacial score (nSPS) is 24.2. The minimum Gasteiger partial charge on any atom is -0.380 e. The van der Waals surface area contributed by atoms with Gasteiger partial charge in [-0.25, -0.2) is 0 Å². The summed E-state index contributed by atoms with van der Waals surface area (Å²) in [7, 11) is 1.83. The van der Waals surface area contributed by atoms with Crippen LogP contribution in [-0.4, -0.2) is 31.2 Å². The van der Waals surface area contributed by atoms with Crippen molar-refractivity contribution in [1.82, 2.24) is 10.2 Å². The molecule has 0 amide bonds. The van der Waals surface area contributed by atoms with E-state index in [9.17, 15) is 0 Å². The van der Waals surface area contributed by atoms with Crippen molar-refractivity contribution in [3.8, 4) is 0 Å². The van der Waals surface area contributed by atoms with Crippen molar-refractivity contribution in [1.29, 1.82) is 0 Å². The molecule has 1 saturated heterocycles. The molecule has 18 heavy (non-hydrogen) atoms. The Morgan fingerprint density at radius 1 is 1.33 bits per heavy atom. The van der Waals surface area contributed by atoms with Gasteiger partial charge in [0.15, 0.2) is 0 Å². The number of likely N-dealkylation sites (tertiary alicyclic amines) is 1. The van der Waals surface area contributed by atoms with Gasteiger partial charge in [-0.1, -0.05) is 18.2 Å². The Kier molecular flexibility index (Phi) is 3.64. The SMILES string of the molecule is COC1CCCN(Cc2ccc3c(c2)CNC3)C1. The van der Waals surface area contributed by atoms with E-state index in [0.29, 0.717) is 6.10 Å². The van der Waals surface area contributed by atoms with Crippen LogP contribution in [0.5, 0.6) is 0 Å². The van der Waals surface area contributed by atoms with Crippen LogP contribution in [0.2, 0.25) is 0 Å². The molecular weight excluding hydrogens is 224 g/mol. The summed E-state index contributed by atoms with van der Waals surface area (Å²) < 4.78 is 5.48. The van der Waals surface area contributed by atoms with E-state index in [2.05, 4.69) is 28.4 Å². The van der Waals surface area contributed by atoms with E-state index in [4.69, 9.17) is 4.74 Å². The fourth-order valence-corrected chi connectivity index (χ4v) is 3.05. The van der Waals surface area contributed by atoms with Gasteiger partial charge >= 0.3 is 0 Å². The van der Waals surface area contributed by atoms with Crippen molar-refractivity contribution >= 4 is 0 Å². The summed E-state index contributed by atoms with van der Waals surface area (Å²) in [4.78, 5) is 2.52. The number of hydrogen-bond acceptors (Lipinski definition) is 3. The van der Waals surface area contributed by atoms with Gasteiger partial charge in [0, 0.05) is 33.3 Å². The molecule has 0 spiro atoms. The van der Waals surface area contributed by atoms with Crippen molar-refractivity contribution in [2.24, 2.45) is 0 Å². The number of methoxy groups -OCH3 is 1. The van der Waals surface area contributed by atoms with Crippen molar-refractivity contribution in [3.05, 3.63) is 34.9 Å². The molecular formula is C15H22N2O. The molecule has 3 nitrogen and oxygen atoms in total. The first-order valence-electron chi connectivity index (χ1n) is 6.91. The average Bonchev–Trinajstić information content (AvgIpc) is 2.86. The summed E-state index contributed by atoms with van der Waals surface area (Å²) in [6, 6.07) is 6.93. The molecule has 3 heteroatoms. The summed E-state index contributed by atoms with van der Waals surface area (Å²) in [6.45, 7) is 5.41. The molecule has 2 aliphatic heterocycles. The zero-order valence-electron chi connectivity index (χ0n) is 11.1. The first kappa shape index (κ1) is 12.2. The molecule has 98 valence electrons. The predicted molar refractivity (Wildman–Crippen MR) is 72.3 cm³/mol. The van der Waals surface area contributed by atoms with E-state index in [-0.39, 0.29) is 0 Å². The van der Waals surface area contributed by atoms with Gasteiger partial charge in [0.05, 0.1) is 6.10 Å². The molecule has 1 aromatic rings. The molecule has 0 saturated carbocycles. The standard InChI is InChI=1S/C15H22N2O/c1-18-15-3-2-6-17(11-15)10-12-4-5-13-8-16-9-14(13)7-12/h4-5,7,15-16H,2-3,6,8-11H2,1H3. The number of hydrogen-bond donors (Lipinski definition) is 1. The van der Waals surface area contributed by atoms with Crippen molar-refractivity contribution < 1.29 is 4.74 Å². The molecule has 2 heterocycles. The Bertz CT molecular complexity index is 419. The molecule has 0 radical (unpaired) electrons. The third-order valence-corrected chi connectivity index (χ3v) is 4.10. The Labute approximate surface area is 109 Å². The van der Waals surface area contributed by atoms with E-state index < -0.39 is 0 Å². The molecule has 1 aromatic carbocycles. The van der Waals surface area contributed by atoms with Gasteiger partial charge in [-0.05, 0) is 36.1 Å². The zero-order chi connectivity index (χ0) is 12.4. The lowest BCUT2D eigenvalue weighted by molar-refractivity contribution is 0.0285. The monoisotopic (exact) mass is 246 g/mol. The lowest BCUT2D eigenvalue weighted by atomic mass is 10.0. The Balaban J connectivity index is 1.65. The quantitative estimate of drug-likeness (QED) is 0.881. The van der Waals surface area contributed by atoms with Crippen LogP contribution in [0.4, 0.5) is 0 Å². The molecule has 2 aliphatic rings. The van der Waals surface area contributed by atoms with Gasteiger partial charge in [-0.15, -0.1) is 0 Å². The summed E-state index contributed by atoms with van der Waals surface area (Å²) in [5, 5.41) is 3.40. The maximum atomic E-state index is 5.48. The Morgan fingerprint density at radius 3 is 3.11 bits per heavy atom. The maximum Gasteiger partial charge on any atom is 0.0698 e. The summed E-state index contributed by atoms with van der Waals surface area (Å²) in [5.41, 5.74) is 4.38. The van der Waals surface area contributed by atoms with E-state index in [1.165, 1.54) is 36.1 Å². The van der Waals surface area contributed by atoms with Crippen LogP contribution in [0.1, 0.15) is 29.5 Å². The molecule has 3 rings (SSSR count). The zero-order valence-corrected chi connectivity index (χ0v) is 11.1. The van der Waals surface area contributed by atoms with Gasteiger partial charge in [-0.2, -0.15) is 0 Å². The van der Waals surface area contributed by atoms with Gasteiger partial charge in [0.1, 0.15) is 0 Å². The second-order valence-electron chi connectivity index (χ2n) is 5.44. The van der Waals surface area contributed by atoms with Gasteiger partial charge < -0.3 is 10.1 Å². The molecule has 1 fully saturated rings. The highest BCUT2D eigenvalue weighted by molar-refractivity contribution is 5.34. The van der Waals surface area contributed by atoms with Crippen LogP contribution < -0.4 is 5.32 Å². The minimum atomic E-state index is 0.426. The van der Waals surface area contributed by atoms with E-state index in [1.807, 2.05) is 7.11 Å². The number of nitrogens with zero attached hydrogens (tertiary/aromatic N) is 1. The van der Waals surface area contributed by atoms with Crippen LogP contribution >= 0.6 is 0 Å². The number of rotatable bonds is 3. The second kappa shape index (κ2) is 5.39. The smallest absolute Gasteiger partial charge is 0.0698 e. The number of nitrogens with one attached hydrogen (secondary N) is 1. The fraction of sp³-hybridized carbons (Fsp3) is 0.600. The molecule has 1 atom stereocenters. The number of piperidine rings is 1. The van der Waals surface area contributed by atoms with E-state index in [1.54, 1.807) is 0 Å². The second-order valence-corrected chi connectivity index (χ2v) is 5.44. The first-order chi connectivity index (χ1) is 8.85. The van der Waals surface area contributed by atoms with Crippen molar-refractivity contribution in [2.45, 2.75) is 38.6 Å². The largest absolute Gasteiger partial charge is 0.380 e. The third-order valence-electron chi connectivity index (χ3n) is 4.10. The number of fused-ring (bicyclic) bond motifs is 1. The highest BCUT2D eigenvalue weighted by Crippen LogP contribution is 2.20. The molecule has 0 bridgehead atoms. The minimum absolute atomic E-state index is 0.426. The molecule has 0 aliphatic carbocycles. The number of benzene rings is 1. The lowest BCUT2D eigenvalue weighted by Gasteiger charge is -2.31. The van der Waals surface area contributed by atoms with Crippen molar-refractivity contribution in [3.63, 3.8) is 0 Å². The van der Waals surface area contributed by atoms with Crippen LogP contribution in [-0.2, 0) is 24.4 Å². The van der Waals surface area contributed by atoms with E-state index in [0.717, 1.165) is 26.2 Å². The van der Waals surface area contributed by atoms with Crippen molar-refractivity contribution in [2.75, 3.05) is 20.2 Å². The van der Waals surface area contributed by atoms with Crippen LogP contribution in [0.3, 0.4) is 0 Å². The molecule has 0 aromatic heterocycles. The maximum absolute atomic E-state index is 5.48. The highest BCUT2D eigenvalue weighted by Gasteiger charge is 2.19. The van der Waals surface area contributed by atoms with Crippen LogP contribution in [0.15, 0.2) is 18.2 Å². The van der Waals surface area contributed by atoms with Crippen LogP contribution in [0, 0.1) is 0 Å². The summed E-state index contributed by atoms with van der Waals surface area (Å²) >= 11 is 0. The van der Waals surface area contributed by atoms with Gasteiger partial charge in [-0.3, -0.25) is 4.90 Å². The highest BCUT2D eigenvalue weighted by atomic mass is 16.5. The number of ether oxygens (including phenoxy) is 1. The van der Waals surface area contributed by atoms with Gasteiger partial charge in [0.2, 0.25) is 0 Å². The Morgan fingerprint density at radius 2 is 2.22 bits per heavy atom. The van der Waals surface area contributed by atoms with Crippen LogP contribution in [0.25, 0.3) is 0 Å². The molecule has 1 unspecified atom stereocenters. The summed E-state index contributed by atoms with van der Waals surface area (Å²) in [6.07, 6.45) is 2.89. The summed E-state index contributed by atoms with van der Waals surface area (Å²) in [5.74, 6) is 0. The van der Waals surface area contributed by atoms with E-state index >= 15 is 0 Å².